The first kappa shape index (κ1) is 42.7. The molecule has 0 N–H and O–H groups in total. The number of fused-ring (bicyclic) bond motifs is 9. The lowest BCUT2D eigenvalue weighted by Crippen LogP contribution is -2.13. The van der Waals surface area contributed by atoms with Crippen LogP contribution in [0.15, 0.2) is 261 Å². The van der Waals surface area contributed by atoms with Crippen molar-refractivity contribution in [3.05, 3.63) is 266 Å². The molecule has 4 nitrogen and oxygen atoms in total. The van der Waals surface area contributed by atoms with Gasteiger partial charge in [0, 0.05) is 56.0 Å². The Morgan fingerprint density at radius 1 is 0.333 bits per heavy atom. The Hall–Kier alpha value is -9.38. The first-order chi connectivity index (χ1) is 35.6. The number of hydrogen-bond acceptors (Lipinski definition) is 3. The van der Waals surface area contributed by atoms with Crippen LogP contribution in [-0.2, 0) is 0 Å². The van der Waals surface area contributed by atoms with E-state index in [0.717, 1.165) is 56.7 Å². The normalized spacial score (nSPS) is 11.5. The minimum Gasteiger partial charge on any atom is -0.497 e. The molecule has 0 aliphatic carbocycles. The van der Waals surface area contributed by atoms with Gasteiger partial charge < -0.3 is 19.1 Å². The zero-order valence-corrected chi connectivity index (χ0v) is 40.1. The summed E-state index contributed by atoms with van der Waals surface area (Å²) in [5.74, 6) is 0.814. The summed E-state index contributed by atoms with van der Waals surface area (Å²) >= 11 is 0. The van der Waals surface area contributed by atoms with Crippen LogP contribution in [-0.4, -0.2) is 11.7 Å². The molecule has 0 bridgehead atoms. The Morgan fingerprint density at radius 2 is 0.792 bits per heavy atom. The van der Waals surface area contributed by atoms with E-state index in [1.807, 2.05) is 12.1 Å². The fourth-order valence-corrected chi connectivity index (χ4v) is 10.8. The summed E-state index contributed by atoms with van der Waals surface area (Å²) in [7, 11) is 1.71. The second kappa shape index (κ2) is 17.9. The molecule has 12 aromatic carbocycles. The summed E-state index contributed by atoms with van der Waals surface area (Å²) in [6.45, 7) is 2.14. The molecular weight excluding hydrogens is 875 g/mol. The number of rotatable bonds is 10. The van der Waals surface area contributed by atoms with Crippen LogP contribution in [0.2, 0.25) is 0 Å². The molecule has 0 fully saturated rings. The molecule has 0 aliphatic heterocycles. The fraction of sp³-hybridized carbons (Fsp3) is 0.0294. The van der Waals surface area contributed by atoms with Crippen LogP contribution in [0.5, 0.6) is 5.75 Å². The quantitative estimate of drug-likeness (QED) is 0.128. The zero-order chi connectivity index (χ0) is 48.1. The third-order valence-electron chi connectivity index (χ3n) is 14.2. The Labute approximate surface area is 419 Å². The third-order valence-corrected chi connectivity index (χ3v) is 14.2. The highest BCUT2D eigenvalue weighted by Crippen LogP contribution is 2.46. The van der Waals surface area contributed by atoms with Crippen LogP contribution in [0, 0.1) is 6.92 Å². The highest BCUT2D eigenvalue weighted by Gasteiger charge is 2.22. The van der Waals surface area contributed by atoms with Crippen LogP contribution < -0.4 is 14.5 Å². The maximum absolute atomic E-state index is 5.61. The van der Waals surface area contributed by atoms with E-state index in [4.69, 9.17) is 4.74 Å². The van der Waals surface area contributed by atoms with E-state index >= 15 is 0 Å². The summed E-state index contributed by atoms with van der Waals surface area (Å²) in [6, 6.07) is 94.7. The van der Waals surface area contributed by atoms with E-state index in [2.05, 4.69) is 270 Å². The molecule has 72 heavy (non-hydrogen) atoms. The number of para-hydroxylation sites is 3. The number of benzene rings is 12. The van der Waals surface area contributed by atoms with Gasteiger partial charge in [-0.2, -0.15) is 0 Å². The van der Waals surface area contributed by atoms with Crippen molar-refractivity contribution in [1.82, 2.24) is 4.57 Å². The van der Waals surface area contributed by atoms with Crippen molar-refractivity contribution in [2.45, 2.75) is 6.92 Å². The summed E-state index contributed by atoms with van der Waals surface area (Å²) in [6.07, 6.45) is 0. The van der Waals surface area contributed by atoms with Crippen molar-refractivity contribution < 1.29 is 4.74 Å². The van der Waals surface area contributed by atoms with Gasteiger partial charge in [-0.05, 0) is 171 Å². The first-order valence-electron chi connectivity index (χ1n) is 24.6. The Morgan fingerprint density at radius 3 is 1.38 bits per heavy atom. The molecule has 0 radical (unpaired) electrons. The maximum Gasteiger partial charge on any atom is 0.119 e. The number of aryl methyl sites for hydroxylation is 1. The molecule has 0 spiro atoms. The minimum absolute atomic E-state index is 0.814. The summed E-state index contributed by atoms with van der Waals surface area (Å²) in [5, 5.41) is 9.95. The molecule has 0 atom stereocenters. The van der Waals surface area contributed by atoms with E-state index in [9.17, 15) is 0 Å². The average Bonchev–Trinajstić information content (AvgIpc) is 3.80. The largest absolute Gasteiger partial charge is 0.497 e. The van der Waals surface area contributed by atoms with Crippen molar-refractivity contribution in [2.24, 2.45) is 0 Å². The minimum atomic E-state index is 0.814. The van der Waals surface area contributed by atoms with Gasteiger partial charge in [-0.3, -0.25) is 0 Å². The highest BCUT2D eigenvalue weighted by molar-refractivity contribution is 6.32. The lowest BCUT2D eigenvalue weighted by Gasteiger charge is -2.30. The summed E-state index contributed by atoms with van der Waals surface area (Å²) in [4.78, 5) is 4.69. The predicted molar refractivity (Wildman–Crippen MR) is 305 cm³/mol. The molecule has 1 heterocycles. The van der Waals surface area contributed by atoms with Gasteiger partial charge in [0.25, 0.3) is 0 Å². The van der Waals surface area contributed by atoms with Crippen molar-refractivity contribution in [1.29, 1.82) is 0 Å². The maximum atomic E-state index is 5.61. The molecule has 0 amide bonds. The zero-order valence-electron chi connectivity index (χ0n) is 40.1. The van der Waals surface area contributed by atoms with Gasteiger partial charge in [0.2, 0.25) is 0 Å². The van der Waals surface area contributed by atoms with Crippen molar-refractivity contribution in [3.8, 4) is 33.7 Å². The molecule has 1 aromatic heterocycles. The molecule has 13 aromatic rings. The van der Waals surface area contributed by atoms with Crippen LogP contribution in [0.3, 0.4) is 0 Å². The van der Waals surface area contributed by atoms with Gasteiger partial charge in [-0.15, -0.1) is 0 Å². The highest BCUT2D eigenvalue weighted by atomic mass is 16.5. The first-order valence-corrected chi connectivity index (χ1v) is 24.6. The average molecular weight is 924 g/mol. The van der Waals surface area contributed by atoms with Crippen LogP contribution in [0.1, 0.15) is 5.56 Å². The Kier molecular flexibility index (Phi) is 10.6. The predicted octanol–water partition coefficient (Wildman–Crippen LogP) is 18.8. The van der Waals surface area contributed by atoms with Crippen molar-refractivity contribution >= 4 is 88.2 Å². The topological polar surface area (TPSA) is 20.6 Å². The summed E-state index contributed by atoms with van der Waals surface area (Å²) in [5.41, 5.74) is 15.7. The van der Waals surface area contributed by atoms with Gasteiger partial charge in [0.05, 0.1) is 18.1 Å². The molecule has 4 heteroatoms. The molecule has 0 unspecified atom stereocenters. The number of aromatic nitrogens is 1. The van der Waals surface area contributed by atoms with Crippen molar-refractivity contribution in [3.63, 3.8) is 0 Å². The lowest BCUT2D eigenvalue weighted by atomic mass is 9.94. The van der Waals surface area contributed by atoms with Gasteiger partial charge in [-0.25, -0.2) is 0 Å². The number of ether oxygens (including phenoxy) is 1. The number of anilines is 6. The number of hydrogen-bond donors (Lipinski definition) is 0. The SMILES string of the molecule is COc1ccc(N(c2ccccc2)c2cc(-c3ccc4cc(-c5ccc6c(c5)c5c7ccccc7c7ccccc7c5n6-c5ccccc5)ccc4c3)cc(N(c3ccccc3)c3ccc(C)cc3)c2)cc1. The van der Waals surface area contributed by atoms with Gasteiger partial charge in [0.1, 0.15) is 5.75 Å². The number of nitrogens with zero attached hydrogens (tertiary/aromatic N) is 3. The van der Waals surface area contributed by atoms with E-state index < -0.39 is 0 Å². The smallest absolute Gasteiger partial charge is 0.119 e. The Bertz CT molecular complexity index is 4130. The van der Waals surface area contributed by atoms with Crippen molar-refractivity contribution in [2.75, 3.05) is 16.9 Å². The molecule has 342 valence electrons. The van der Waals surface area contributed by atoms with E-state index in [-0.39, 0.29) is 0 Å². The van der Waals surface area contributed by atoms with Gasteiger partial charge in [0.15, 0.2) is 0 Å². The van der Waals surface area contributed by atoms with Gasteiger partial charge >= 0.3 is 0 Å². The van der Waals surface area contributed by atoms with Crippen LogP contribution in [0.25, 0.3) is 82.1 Å². The van der Waals surface area contributed by atoms with Gasteiger partial charge in [-0.1, -0.05) is 151 Å². The molecular formula is C68H49N3O. The van der Waals surface area contributed by atoms with E-state index in [1.54, 1.807) is 7.11 Å². The third kappa shape index (κ3) is 7.49. The second-order valence-electron chi connectivity index (χ2n) is 18.6. The van der Waals surface area contributed by atoms with Crippen LogP contribution >= 0.6 is 0 Å². The molecule has 0 saturated heterocycles. The monoisotopic (exact) mass is 923 g/mol. The summed E-state index contributed by atoms with van der Waals surface area (Å²) < 4.78 is 8.07. The van der Waals surface area contributed by atoms with E-state index in [0.29, 0.717) is 0 Å². The molecule has 13 rings (SSSR count). The number of methoxy groups -OCH3 is 1. The fourth-order valence-electron chi connectivity index (χ4n) is 10.8. The lowest BCUT2D eigenvalue weighted by molar-refractivity contribution is 0.415. The molecule has 0 aliphatic rings. The van der Waals surface area contributed by atoms with Crippen LogP contribution in [0.4, 0.5) is 34.1 Å². The molecule has 0 saturated carbocycles. The standard InChI is InChI=1S/C68H49N3O/c1-46-26-33-56(34-27-46)69(53-16-6-3-7-17-53)58-42-52(43-59(45-58)70(54-18-8-4-9-19-54)57-35-37-60(72-2)38-36-57)50-31-30-47-40-49(29-28-48(47)41-50)51-32-39-66-65(44-51)67-63-24-14-12-22-61(63)62-23-13-15-25-64(62)68(67)71(66)55-20-10-5-11-21-55/h3-45H,1-2H3. The Balaban J connectivity index is 0.967. The van der Waals surface area contributed by atoms with E-state index in [1.165, 1.54) is 70.8 Å². The second-order valence-corrected chi connectivity index (χ2v) is 18.6.